The Labute approximate surface area is 118 Å². The molecule has 1 saturated heterocycles. The summed E-state index contributed by atoms with van der Waals surface area (Å²) in [5, 5.41) is 4.40. The van der Waals surface area contributed by atoms with Crippen LogP contribution < -0.4 is 5.32 Å². The summed E-state index contributed by atoms with van der Waals surface area (Å²) in [5.74, 6) is 1.98. The molecular weight excluding hydrogens is 240 g/mol. The lowest BCUT2D eigenvalue weighted by Crippen LogP contribution is -2.53. The molecule has 0 aliphatic carbocycles. The van der Waals surface area contributed by atoms with Crippen LogP contribution in [0.15, 0.2) is 0 Å². The van der Waals surface area contributed by atoms with Crippen LogP contribution in [0, 0.1) is 5.92 Å². The van der Waals surface area contributed by atoms with Gasteiger partial charge in [-0.25, -0.2) is 0 Å². The van der Waals surface area contributed by atoms with E-state index in [-0.39, 0.29) is 5.54 Å². The molecule has 4 unspecified atom stereocenters. The van der Waals surface area contributed by atoms with E-state index in [4.69, 9.17) is 0 Å². The number of hydrogen-bond donors (Lipinski definition) is 1. The fourth-order valence-corrected chi connectivity index (χ4v) is 3.62. The van der Waals surface area contributed by atoms with Gasteiger partial charge < -0.3 is 5.32 Å². The Morgan fingerprint density at radius 3 is 2.44 bits per heavy atom. The van der Waals surface area contributed by atoms with Gasteiger partial charge in [-0.05, 0) is 47.1 Å². The van der Waals surface area contributed by atoms with Crippen molar-refractivity contribution in [1.82, 2.24) is 10.2 Å². The molecule has 18 heavy (non-hydrogen) atoms. The summed E-state index contributed by atoms with van der Waals surface area (Å²) in [5.41, 5.74) is 0.227. The first-order valence-corrected chi connectivity index (χ1v) is 8.39. The molecule has 1 rings (SSSR count). The van der Waals surface area contributed by atoms with Crippen LogP contribution in [0.2, 0.25) is 0 Å². The van der Waals surface area contributed by atoms with Gasteiger partial charge in [-0.3, -0.25) is 4.90 Å². The minimum absolute atomic E-state index is 0.227. The van der Waals surface area contributed by atoms with Crippen LogP contribution >= 0.6 is 11.8 Å². The molecule has 1 aliphatic heterocycles. The number of nitrogens with one attached hydrogen (secondary N) is 1. The van der Waals surface area contributed by atoms with Gasteiger partial charge in [0.2, 0.25) is 0 Å². The van der Waals surface area contributed by atoms with Crippen LogP contribution in [0.4, 0.5) is 0 Å². The van der Waals surface area contributed by atoms with E-state index in [1.165, 1.54) is 12.3 Å². The first kappa shape index (κ1) is 16.3. The highest BCUT2D eigenvalue weighted by molar-refractivity contribution is 8.00. The fourth-order valence-electron chi connectivity index (χ4n) is 2.50. The maximum absolute atomic E-state index is 3.64. The molecule has 3 heteroatoms. The van der Waals surface area contributed by atoms with Crippen LogP contribution in [0.25, 0.3) is 0 Å². The summed E-state index contributed by atoms with van der Waals surface area (Å²) in [7, 11) is 0. The lowest BCUT2D eigenvalue weighted by Gasteiger charge is -2.43. The second-order valence-electron chi connectivity index (χ2n) is 6.90. The van der Waals surface area contributed by atoms with Gasteiger partial charge in [0.25, 0.3) is 0 Å². The van der Waals surface area contributed by atoms with E-state index >= 15 is 0 Å². The number of thioether (sulfide) groups is 1. The van der Waals surface area contributed by atoms with Gasteiger partial charge >= 0.3 is 0 Å². The van der Waals surface area contributed by atoms with Crippen molar-refractivity contribution >= 4 is 11.8 Å². The minimum atomic E-state index is 0.227. The van der Waals surface area contributed by atoms with Crippen LogP contribution in [0.3, 0.4) is 0 Å². The summed E-state index contributed by atoms with van der Waals surface area (Å²) < 4.78 is 0. The van der Waals surface area contributed by atoms with Gasteiger partial charge in [0.15, 0.2) is 0 Å². The first-order valence-electron chi connectivity index (χ1n) is 7.34. The smallest absolute Gasteiger partial charge is 0.0187 e. The summed E-state index contributed by atoms with van der Waals surface area (Å²) in [6, 6.07) is 1.37. The molecule has 1 N–H and O–H groups in total. The van der Waals surface area contributed by atoms with E-state index in [2.05, 4.69) is 70.4 Å². The molecule has 4 atom stereocenters. The van der Waals surface area contributed by atoms with Gasteiger partial charge in [-0.15, -0.1) is 0 Å². The molecule has 1 aliphatic rings. The van der Waals surface area contributed by atoms with Crippen LogP contribution in [-0.4, -0.2) is 46.6 Å². The van der Waals surface area contributed by atoms with E-state index in [1.807, 2.05) is 0 Å². The van der Waals surface area contributed by atoms with Crippen molar-refractivity contribution in [2.75, 3.05) is 18.8 Å². The third-order valence-corrected chi connectivity index (χ3v) is 5.57. The van der Waals surface area contributed by atoms with Crippen LogP contribution in [0.5, 0.6) is 0 Å². The molecule has 108 valence electrons. The monoisotopic (exact) mass is 272 g/mol. The standard InChI is InChI=1S/C15H32N2S/c1-11(10-16-15(5,6)7)12(2)17-8-9-18-14(4)13(17)3/h11-14,16H,8-10H2,1-7H3. The Balaban J connectivity index is 2.49. The van der Waals surface area contributed by atoms with E-state index < -0.39 is 0 Å². The van der Waals surface area contributed by atoms with Crippen molar-refractivity contribution in [3.05, 3.63) is 0 Å². The first-order chi connectivity index (χ1) is 8.22. The van der Waals surface area contributed by atoms with Gasteiger partial charge in [0, 0.05) is 35.2 Å². The molecule has 0 bridgehead atoms. The predicted molar refractivity (Wildman–Crippen MR) is 84.5 cm³/mol. The molecule has 0 aromatic heterocycles. The normalized spacial score (nSPS) is 30.2. The van der Waals surface area contributed by atoms with Crippen molar-refractivity contribution in [3.63, 3.8) is 0 Å². The summed E-state index contributed by atoms with van der Waals surface area (Å²) in [6.07, 6.45) is 0. The van der Waals surface area contributed by atoms with Crippen LogP contribution in [-0.2, 0) is 0 Å². The number of nitrogens with zero attached hydrogens (tertiary/aromatic N) is 1. The Hall–Kier alpha value is 0.270. The lowest BCUT2D eigenvalue weighted by molar-refractivity contribution is 0.115. The van der Waals surface area contributed by atoms with Gasteiger partial charge in [0.1, 0.15) is 0 Å². The average molecular weight is 273 g/mol. The molecule has 0 aromatic rings. The van der Waals surface area contributed by atoms with E-state index in [9.17, 15) is 0 Å². The maximum atomic E-state index is 3.64. The van der Waals surface area contributed by atoms with Gasteiger partial charge in [0.05, 0.1) is 0 Å². The molecular formula is C15H32N2S. The second-order valence-corrected chi connectivity index (χ2v) is 8.39. The van der Waals surface area contributed by atoms with E-state index in [1.54, 1.807) is 0 Å². The average Bonchev–Trinajstić information content (AvgIpc) is 2.28. The SMILES string of the molecule is CC(CNC(C)(C)C)C(C)N1CCSC(C)C1C. The molecule has 1 heterocycles. The third kappa shape index (κ3) is 4.75. The predicted octanol–water partition coefficient (Wildman–Crippen LogP) is 3.22. The highest BCUT2D eigenvalue weighted by Gasteiger charge is 2.31. The van der Waals surface area contributed by atoms with Crippen molar-refractivity contribution in [1.29, 1.82) is 0 Å². The summed E-state index contributed by atoms with van der Waals surface area (Å²) in [4.78, 5) is 2.70. The minimum Gasteiger partial charge on any atom is -0.312 e. The van der Waals surface area contributed by atoms with E-state index in [0.717, 1.165) is 11.8 Å². The molecule has 0 aromatic carbocycles. The quantitative estimate of drug-likeness (QED) is 0.846. The molecule has 0 saturated carbocycles. The zero-order valence-electron chi connectivity index (χ0n) is 13.3. The molecule has 0 radical (unpaired) electrons. The number of hydrogen-bond acceptors (Lipinski definition) is 3. The lowest BCUT2D eigenvalue weighted by atomic mass is 9.98. The highest BCUT2D eigenvalue weighted by Crippen LogP contribution is 2.27. The van der Waals surface area contributed by atoms with Crippen molar-refractivity contribution < 1.29 is 0 Å². The molecule has 0 amide bonds. The Morgan fingerprint density at radius 1 is 1.28 bits per heavy atom. The largest absolute Gasteiger partial charge is 0.312 e. The Bertz CT molecular complexity index is 249. The molecule has 2 nitrogen and oxygen atoms in total. The Morgan fingerprint density at radius 2 is 1.89 bits per heavy atom. The van der Waals surface area contributed by atoms with E-state index in [0.29, 0.717) is 18.0 Å². The number of rotatable bonds is 4. The van der Waals surface area contributed by atoms with Gasteiger partial charge in [-0.2, -0.15) is 11.8 Å². The van der Waals surface area contributed by atoms with Gasteiger partial charge in [-0.1, -0.05) is 13.8 Å². The fraction of sp³-hybridized carbons (Fsp3) is 1.00. The van der Waals surface area contributed by atoms with Crippen molar-refractivity contribution in [2.45, 2.75) is 71.3 Å². The Kier molecular flexibility index (Phi) is 6.01. The zero-order chi connectivity index (χ0) is 13.9. The highest BCUT2D eigenvalue weighted by atomic mass is 32.2. The summed E-state index contributed by atoms with van der Waals surface area (Å²) in [6.45, 7) is 18.6. The third-order valence-electron chi connectivity index (χ3n) is 4.23. The second kappa shape index (κ2) is 6.62. The van der Waals surface area contributed by atoms with Crippen molar-refractivity contribution in [3.8, 4) is 0 Å². The summed E-state index contributed by atoms with van der Waals surface area (Å²) >= 11 is 2.12. The molecule has 0 spiro atoms. The molecule has 1 fully saturated rings. The van der Waals surface area contributed by atoms with Crippen LogP contribution in [0.1, 0.15) is 48.5 Å². The topological polar surface area (TPSA) is 15.3 Å². The van der Waals surface area contributed by atoms with Crippen molar-refractivity contribution in [2.24, 2.45) is 5.92 Å². The zero-order valence-corrected chi connectivity index (χ0v) is 14.1. The maximum Gasteiger partial charge on any atom is 0.0187 e.